The molecular formula is C18H22N2O3S. The molecule has 0 bridgehead atoms. The van der Waals surface area contributed by atoms with Crippen molar-refractivity contribution in [3.8, 4) is 5.75 Å². The number of thiophene rings is 1. The molecule has 128 valence electrons. The van der Waals surface area contributed by atoms with Crippen LogP contribution < -0.4 is 15.4 Å². The average Bonchev–Trinajstić information content (AvgIpc) is 3.09. The number of hydrogen-bond acceptors (Lipinski definition) is 4. The molecule has 0 aliphatic carbocycles. The molecule has 0 fully saturated rings. The van der Waals surface area contributed by atoms with Gasteiger partial charge in [0.2, 0.25) is 5.91 Å². The standard InChI is InChI=1S/C18H22N2O3S/c1-12-4-5-16(23-3)15(10-12)13(2)20-17(21)6-8-19-18(22)14-7-9-24-11-14/h4-5,7,9-11,13H,6,8H2,1-3H3,(H,19,22)(H,20,21). The van der Waals surface area contributed by atoms with Crippen molar-refractivity contribution in [2.24, 2.45) is 0 Å². The van der Waals surface area contributed by atoms with E-state index >= 15 is 0 Å². The minimum absolute atomic E-state index is 0.114. The molecule has 1 heterocycles. The van der Waals surface area contributed by atoms with Gasteiger partial charge in [0, 0.05) is 29.5 Å². The van der Waals surface area contributed by atoms with Gasteiger partial charge in [0.25, 0.3) is 5.91 Å². The molecule has 1 aromatic carbocycles. The Balaban J connectivity index is 1.84. The largest absolute Gasteiger partial charge is 0.496 e. The zero-order chi connectivity index (χ0) is 17.5. The lowest BCUT2D eigenvalue weighted by Crippen LogP contribution is -2.32. The number of nitrogens with one attached hydrogen (secondary N) is 2. The van der Waals surface area contributed by atoms with Crippen LogP contribution in [0, 0.1) is 6.92 Å². The normalized spacial score (nSPS) is 11.6. The van der Waals surface area contributed by atoms with Gasteiger partial charge in [-0.05, 0) is 31.4 Å². The van der Waals surface area contributed by atoms with E-state index in [2.05, 4.69) is 10.6 Å². The molecular weight excluding hydrogens is 324 g/mol. The predicted molar refractivity (Wildman–Crippen MR) is 95.6 cm³/mol. The molecule has 5 nitrogen and oxygen atoms in total. The second-order valence-electron chi connectivity index (χ2n) is 5.55. The van der Waals surface area contributed by atoms with E-state index in [1.165, 1.54) is 11.3 Å². The van der Waals surface area contributed by atoms with Crippen molar-refractivity contribution in [1.82, 2.24) is 10.6 Å². The summed E-state index contributed by atoms with van der Waals surface area (Å²) in [5.41, 5.74) is 2.67. The van der Waals surface area contributed by atoms with Crippen molar-refractivity contribution in [1.29, 1.82) is 0 Å². The lowest BCUT2D eigenvalue weighted by atomic mass is 10.0. The highest BCUT2D eigenvalue weighted by Gasteiger charge is 2.14. The minimum Gasteiger partial charge on any atom is -0.496 e. The van der Waals surface area contributed by atoms with Gasteiger partial charge in [-0.25, -0.2) is 0 Å². The van der Waals surface area contributed by atoms with Crippen molar-refractivity contribution in [3.05, 3.63) is 51.7 Å². The molecule has 0 radical (unpaired) electrons. The Morgan fingerprint density at radius 2 is 2.08 bits per heavy atom. The van der Waals surface area contributed by atoms with Crippen LogP contribution in [0.2, 0.25) is 0 Å². The van der Waals surface area contributed by atoms with Crippen molar-refractivity contribution >= 4 is 23.2 Å². The van der Waals surface area contributed by atoms with Crippen LogP contribution in [0.1, 0.15) is 40.9 Å². The molecule has 6 heteroatoms. The number of hydrogen-bond donors (Lipinski definition) is 2. The summed E-state index contributed by atoms with van der Waals surface area (Å²) in [7, 11) is 1.61. The number of amides is 2. The fraction of sp³-hybridized carbons (Fsp3) is 0.333. The lowest BCUT2D eigenvalue weighted by molar-refractivity contribution is -0.121. The van der Waals surface area contributed by atoms with Crippen LogP contribution in [-0.4, -0.2) is 25.5 Å². The van der Waals surface area contributed by atoms with Gasteiger partial charge in [0.15, 0.2) is 0 Å². The fourth-order valence-electron chi connectivity index (χ4n) is 2.37. The first-order valence-corrected chi connectivity index (χ1v) is 8.70. The van der Waals surface area contributed by atoms with Gasteiger partial charge >= 0.3 is 0 Å². The summed E-state index contributed by atoms with van der Waals surface area (Å²) >= 11 is 1.47. The number of methoxy groups -OCH3 is 1. The zero-order valence-corrected chi connectivity index (χ0v) is 14.9. The Kier molecular flexibility index (Phi) is 6.37. The van der Waals surface area contributed by atoms with Crippen LogP contribution in [-0.2, 0) is 4.79 Å². The highest BCUT2D eigenvalue weighted by atomic mass is 32.1. The van der Waals surface area contributed by atoms with E-state index in [1.807, 2.05) is 37.4 Å². The Morgan fingerprint density at radius 3 is 2.75 bits per heavy atom. The molecule has 0 aliphatic rings. The Morgan fingerprint density at radius 1 is 1.29 bits per heavy atom. The first-order chi connectivity index (χ1) is 11.5. The van der Waals surface area contributed by atoms with E-state index in [4.69, 9.17) is 4.74 Å². The predicted octanol–water partition coefficient (Wildman–Crippen LogP) is 3.06. The zero-order valence-electron chi connectivity index (χ0n) is 14.1. The average molecular weight is 346 g/mol. The van der Waals surface area contributed by atoms with Crippen LogP contribution in [0.15, 0.2) is 35.0 Å². The highest BCUT2D eigenvalue weighted by molar-refractivity contribution is 7.08. The second kappa shape index (κ2) is 8.49. The second-order valence-corrected chi connectivity index (χ2v) is 6.33. The number of aryl methyl sites for hydroxylation is 1. The van der Waals surface area contributed by atoms with E-state index in [1.54, 1.807) is 18.6 Å². The molecule has 2 rings (SSSR count). The Hall–Kier alpha value is -2.34. The third kappa shape index (κ3) is 4.83. The molecule has 0 spiro atoms. The maximum absolute atomic E-state index is 12.1. The van der Waals surface area contributed by atoms with Gasteiger partial charge in [-0.15, -0.1) is 0 Å². The van der Waals surface area contributed by atoms with Crippen molar-refractivity contribution in [2.75, 3.05) is 13.7 Å². The third-order valence-electron chi connectivity index (χ3n) is 3.65. The monoisotopic (exact) mass is 346 g/mol. The summed E-state index contributed by atoms with van der Waals surface area (Å²) in [6.07, 6.45) is 0.231. The summed E-state index contributed by atoms with van der Waals surface area (Å²) in [6.45, 7) is 4.22. The summed E-state index contributed by atoms with van der Waals surface area (Å²) in [5, 5.41) is 9.31. The van der Waals surface area contributed by atoms with E-state index in [-0.39, 0.29) is 24.3 Å². The molecule has 2 amide bonds. The number of carbonyl (C=O) groups is 2. The van der Waals surface area contributed by atoms with Crippen molar-refractivity contribution in [3.63, 3.8) is 0 Å². The van der Waals surface area contributed by atoms with Crippen LogP contribution in [0.4, 0.5) is 0 Å². The molecule has 2 N–H and O–H groups in total. The molecule has 0 saturated heterocycles. The number of ether oxygens (including phenoxy) is 1. The van der Waals surface area contributed by atoms with Gasteiger partial charge in [0.05, 0.1) is 13.2 Å². The quantitative estimate of drug-likeness (QED) is 0.810. The number of rotatable bonds is 7. The Labute approximate surface area is 146 Å². The van der Waals surface area contributed by atoms with Gasteiger partial charge in [-0.3, -0.25) is 9.59 Å². The van der Waals surface area contributed by atoms with Gasteiger partial charge < -0.3 is 15.4 Å². The minimum atomic E-state index is -0.167. The van der Waals surface area contributed by atoms with Crippen molar-refractivity contribution in [2.45, 2.75) is 26.3 Å². The van der Waals surface area contributed by atoms with Crippen LogP contribution in [0.25, 0.3) is 0 Å². The molecule has 0 aliphatic heterocycles. The topological polar surface area (TPSA) is 67.4 Å². The third-order valence-corrected chi connectivity index (χ3v) is 4.33. The Bertz CT molecular complexity index is 698. The first kappa shape index (κ1) is 18.0. The maximum atomic E-state index is 12.1. The van der Waals surface area contributed by atoms with E-state index < -0.39 is 0 Å². The van der Waals surface area contributed by atoms with E-state index in [9.17, 15) is 9.59 Å². The van der Waals surface area contributed by atoms with Gasteiger partial charge in [-0.2, -0.15) is 11.3 Å². The fourth-order valence-corrected chi connectivity index (χ4v) is 3.00. The highest BCUT2D eigenvalue weighted by Crippen LogP contribution is 2.26. The molecule has 1 atom stereocenters. The molecule has 0 saturated carbocycles. The molecule has 2 aromatic rings. The number of carbonyl (C=O) groups excluding carboxylic acids is 2. The summed E-state index contributed by atoms with van der Waals surface area (Å²) in [5.74, 6) is 0.480. The molecule has 24 heavy (non-hydrogen) atoms. The van der Waals surface area contributed by atoms with E-state index in [0.717, 1.165) is 16.9 Å². The number of benzene rings is 1. The SMILES string of the molecule is COc1ccc(C)cc1C(C)NC(=O)CCNC(=O)c1ccsc1. The summed E-state index contributed by atoms with van der Waals surface area (Å²) in [6, 6.07) is 7.46. The molecule has 1 unspecified atom stereocenters. The smallest absolute Gasteiger partial charge is 0.252 e. The van der Waals surface area contributed by atoms with Gasteiger partial charge in [-0.1, -0.05) is 17.7 Å². The maximum Gasteiger partial charge on any atom is 0.252 e. The summed E-state index contributed by atoms with van der Waals surface area (Å²) in [4.78, 5) is 23.9. The van der Waals surface area contributed by atoms with Gasteiger partial charge in [0.1, 0.15) is 5.75 Å². The first-order valence-electron chi connectivity index (χ1n) is 7.75. The summed E-state index contributed by atoms with van der Waals surface area (Å²) < 4.78 is 5.35. The van der Waals surface area contributed by atoms with Crippen LogP contribution in [0.3, 0.4) is 0 Å². The van der Waals surface area contributed by atoms with Crippen molar-refractivity contribution < 1.29 is 14.3 Å². The van der Waals surface area contributed by atoms with Crippen LogP contribution in [0.5, 0.6) is 5.75 Å². The van der Waals surface area contributed by atoms with Crippen LogP contribution >= 0.6 is 11.3 Å². The lowest BCUT2D eigenvalue weighted by Gasteiger charge is -2.18. The van der Waals surface area contributed by atoms with E-state index in [0.29, 0.717) is 12.1 Å². The molecule has 1 aromatic heterocycles.